The number of urea groups is 1. The van der Waals surface area contributed by atoms with Crippen LogP contribution in [0, 0.1) is 0 Å². The number of nitrogens with zero attached hydrogens (tertiary/aromatic N) is 2. The molecule has 2 aromatic carbocycles. The molecule has 0 spiro atoms. The summed E-state index contributed by atoms with van der Waals surface area (Å²) in [6.07, 6.45) is 1.75. The molecule has 3 aliphatic rings. The Morgan fingerprint density at radius 2 is 1.87 bits per heavy atom. The standard InChI is InChI=1S/C23H23N3O5/c1-23(16-8-9-18-19(13-16)31-12-11-30-18)21(28)26(22(29)24-23)14-20(27)25-10-4-6-15-5-2-3-7-17(15)25/h2-3,5,7-9,13H,4,6,10-12,14H2,1H3,(H,24,29). The molecule has 1 fully saturated rings. The van der Waals surface area contributed by atoms with Crippen molar-refractivity contribution in [2.24, 2.45) is 0 Å². The minimum absolute atomic E-state index is 0.276. The van der Waals surface area contributed by atoms with E-state index in [4.69, 9.17) is 9.47 Å². The van der Waals surface area contributed by atoms with E-state index in [1.807, 2.05) is 24.3 Å². The fourth-order valence-corrected chi connectivity index (χ4v) is 4.40. The average molecular weight is 421 g/mol. The molecule has 160 valence electrons. The summed E-state index contributed by atoms with van der Waals surface area (Å²) in [4.78, 5) is 41.7. The Labute approximate surface area is 179 Å². The van der Waals surface area contributed by atoms with Gasteiger partial charge in [-0.3, -0.25) is 14.5 Å². The van der Waals surface area contributed by atoms with Crippen molar-refractivity contribution >= 4 is 23.5 Å². The topological polar surface area (TPSA) is 88.2 Å². The Kier molecular flexibility index (Phi) is 4.57. The number of hydrogen-bond acceptors (Lipinski definition) is 5. The molecule has 2 aromatic rings. The molecule has 0 bridgehead atoms. The van der Waals surface area contributed by atoms with Crippen LogP contribution < -0.4 is 19.7 Å². The van der Waals surface area contributed by atoms with Gasteiger partial charge in [0.15, 0.2) is 11.5 Å². The highest BCUT2D eigenvalue weighted by Gasteiger charge is 2.50. The number of ether oxygens (including phenoxy) is 2. The molecule has 0 aliphatic carbocycles. The first-order valence-electron chi connectivity index (χ1n) is 10.4. The molecule has 1 unspecified atom stereocenters. The summed E-state index contributed by atoms with van der Waals surface area (Å²) in [6.45, 7) is 2.79. The first kappa shape index (κ1) is 19.4. The lowest BCUT2D eigenvalue weighted by Crippen LogP contribution is -2.46. The third-order valence-electron chi connectivity index (χ3n) is 6.10. The lowest BCUT2D eigenvalue weighted by Gasteiger charge is -2.30. The second-order valence-corrected chi connectivity index (χ2v) is 8.08. The summed E-state index contributed by atoms with van der Waals surface area (Å²) in [5.41, 5.74) is 1.24. The molecule has 8 nitrogen and oxygen atoms in total. The van der Waals surface area contributed by atoms with E-state index in [0.717, 1.165) is 29.0 Å². The van der Waals surface area contributed by atoms with E-state index in [1.54, 1.807) is 30.0 Å². The van der Waals surface area contributed by atoms with Crippen molar-refractivity contribution in [1.82, 2.24) is 10.2 Å². The second-order valence-electron chi connectivity index (χ2n) is 8.08. The van der Waals surface area contributed by atoms with Crippen LogP contribution in [0.15, 0.2) is 42.5 Å². The third kappa shape index (κ3) is 3.19. The summed E-state index contributed by atoms with van der Waals surface area (Å²) >= 11 is 0. The van der Waals surface area contributed by atoms with Gasteiger partial charge in [-0.2, -0.15) is 0 Å². The summed E-state index contributed by atoms with van der Waals surface area (Å²) in [7, 11) is 0. The number of anilines is 1. The van der Waals surface area contributed by atoms with Gasteiger partial charge in [0.25, 0.3) is 5.91 Å². The normalized spacial score (nSPS) is 22.2. The van der Waals surface area contributed by atoms with Crippen molar-refractivity contribution < 1.29 is 23.9 Å². The zero-order valence-electron chi connectivity index (χ0n) is 17.2. The summed E-state index contributed by atoms with van der Waals surface area (Å²) in [5, 5.41) is 2.75. The van der Waals surface area contributed by atoms with Gasteiger partial charge in [0, 0.05) is 12.2 Å². The number of imide groups is 1. The molecule has 3 heterocycles. The second kappa shape index (κ2) is 7.30. The van der Waals surface area contributed by atoms with E-state index in [9.17, 15) is 14.4 Å². The summed E-state index contributed by atoms with van der Waals surface area (Å²) in [5.74, 6) is 0.396. The molecule has 1 atom stereocenters. The number of para-hydroxylation sites is 1. The molecule has 0 radical (unpaired) electrons. The quantitative estimate of drug-likeness (QED) is 0.768. The number of hydrogen-bond donors (Lipinski definition) is 1. The summed E-state index contributed by atoms with van der Waals surface area (Å²) in [6, 6.07) is 12.3. The largest absolute Gasteiger partial charge is 0.486 e. The van der Waals surface area contributed by atoms with Crippen LogP contribution in [0.3, 0.4) is 0 Å². The molecule has 0 saturated carbocycles. The predicted octanol–water partition coefficient (Wildman–Crippen LogP) is 2.20. The van der Waals surface area contributed by atoms with Crippen LogP contribution in [0.5, 0.6) is 11.5 Å². The maximum Gasteiger partial charge on any atom is 0.325 e. The first-order chi connectivity index (χ1) is 15.0. The lowest BCUT2D eigenvalue weighted by molar-refractivity contribution is -0.134. The summed E-state index contributed by atoms with van der Waals surface area (Å²) < 4.78 is 11.1. The van der Waals surface area contributed by atoms with E-state index in [1.165, 1.54) is 0 Å². The molecule has 4 amide bonds. The van der Waals surface area contributed by atoms with Crippen LogP contribution in [0.1, 0.15) is 24.5 Å². The smallest absolute Gasteiger partial charge is 0.325 e. The van der Waals surface area contributed by atoms with E-state index in [2.05, 4.69) is 5.32 Å². The van der Waals surface area contributed by atoms with Crippen molar-refractivity contribution in [1.29, 1.82) is 0 Å². The van der Waals surface area contributed by atoms with E-state index >= 15 is 0 Å². The number of amides is 4. The Bertz CT molecular complexity index is 1080. The Morgan fingerprint density at radius 1 is 1.10 bits per heavy atom. The van der Waals surface area contributed by atoms with Gasteiger partial charge >= 0.3 is 6.03 Å². The molecular formula is C23H23N3O5. The Balaban J connectivity index is 1.38. The number of nitrogens with one attached hydrogen (secondary N) is 1. The molecule has 3 aliphatic heterocycles. The van der Waals surface area contributed by atoms with Crippen LogP contribution in [0.4, 0.5) is 10.5 Å². The number of rotatable bonds is 3. The Morgan fingerprint density at radius 3 is 2.71 bits per heavy atom. The van der Waals surface area contributed by atoms with Crippen LogP contribution >= 0.6 is 0 Å². The molecule has 31 heavy (non-hydrogen) atoms. The molecule has 0 aromatic heterocycles. The Hall–Kier alpha value is -3.55. The number of benzene rings is 2. The van der Waals surface area contributed by atoms with Crippen LogP contribution in [-0.2, 0) is 21.5 Å². The first-order valence-corrected chi connectivity index (χ1v) is 10.4. The molecule has 1 saturated heterocycles. The highest BCUT2D eigenvalue weighted by atomic mass is 16.6. The van der Waals surface area contributed by atoms with Crippen LogP contribution in [0.25, 0.3) is 0 Å². The third-order valence-corrected chi connectivity index (χ3v) is 6.10. The van der Waals surface area contributed by atoms with Gasteiger partial charge in [-0.1, -0.05) is 24.3 Å². The highest BCUT2D eigenvalue weighted by Crippen LogP contribution is 2.37. The van der Waals surface area contributed by atoms with Crippen molar-refractivity contribution in [3.05, 3.63) is 53.6 Å². The van der Waals surface area contributed by atoms with Crippen LogP contribution in [0.2, 0.25) is 0 Å². The molecule has 8 heteroatoms. The SMILES string of the molecule is CC1(c2ccc3c(c2)OCCO3)NC(=O)N(CC(=O)N2CCCc3ccccc32)C1=O. The van der Waals surface area contributed by atoms with E-state index in [-0.39, 0.29) is 12.5 Å². The fourth-order valence-electron chi connectivity index (χ4n) is 4.40. The van der Waals surface area contributed by atoms with Gasteiger partial charge in [0.05, 0.1) is 0 Å². The van der Waals surface area contributed by atoms with Gasteiger partial charge in [0.2, 0.25) is 5.91 Å². The minimum atomic E-state index is -1.28. The lowest BCUT2D eigenvalue weighted by atomic mass is 9.91. The van der Waals surface area contributed by atoms with Gasteiger partial charge in [0.1, 0.15) is 25.3 Å². The van der Waals surface area contributed by atoms with Crippen molar-refractivity contribution in [3.63, 3.8) is 0 Å². The minimum Gasteiger partial charge on any atom is -0.486 e. The fraction of sp³-hybridized carbons (Fsp3) is 0.348. The van der Waals surface area contributed by atoms with Crippen LogP contribution in [-0.4, -0.2) is 49.0 Å². The number of carbonyl (C=O) groups is 3. The van der Waals surface area contributed by atoms with Crippen molar-refractivity contribution in [2.45, 2.75) is 25.3 Å². The highest BCUT2D eigenvalue weighted by molar-refractivity contribution is 6.10. The zero-order chi connectivity index (χ0) is 21.6. The maximum absolute atomic E-state index is 13.3. The molecule has 5 rings (SSSR count). The zero-order valence-corrected chi connectivity index (χ0v) is 17.2. The van der Waals surface area contributed by atoms with Crippen molar-refractivity contribution in [2.75, 3.05) is 31.2 Å². The van der Waals surface area contributed by atoms with E-state index in [0.29, 0.717) is 36.8 Å². The number of aryl methyl sites for hydroxylation is 1. The predicted molar refractivity (Wildman–Crippen MR) is 112 cm³/mol. The van der Waals surface area contributed by atoms with Gasteiger partial charge < -0.3 is 19.7 Å². The van der Waals surface area contributed by atoms with Crippen molar-refractivity contribution in [3.8, 4) is 11.5 Å². The number of carbonyl (C=O) groups excluding carboxylic acids is 3. The molecular weight excluding hydrogens is 398 g/mol. The average Bonchev–Trinajstić information content (AvgIpc) is 3.02. The van der Waals surface area contributed by atoms with Gasteiger partial charge in [-0.25, -0.2) is 4.79 Å². The maximum atomic E-state index is 13.3. The van der Waals surface area contributed by atoms with E-state index < -0.39 is 17.5 Å². The van der Waals surface area contributed by atoms with Gasteiger partial charge in [-0.15, -0.1) is 0 Å². The van der Waals surface area contributed by atoms with Gasteiger partial charge in [-0.05, 0) is 49.1 Å². The number of fused-ring (bicyclic) bond motifs is 2. The monoisotopic (exact) mass is 421 g/mol. The molecule has 1 N–H and O–H groups in total.